The smallest absolute Gasteiger partial charge is 0.270 e. The number of methoxy groups -OCH3 is 2. The molecule has 1 saturated heterocycles. The Hall–Kier alpha value is -3.88. The van der Waals surface area contributed by atoms with Gasteiger partial charge in [0.1, 0.15) is 17.9 Å². The fraction of sp³-hybridized carbons (Fsp3) is 0.115. The summed E-state index contributed by atoms with van der Waals surface area (Å²) in [5.41, 5.74) is 1.97. The van der Waals surface area contributed by atoms with E-state index in [0.717, 1.165) is 11.3 Å². The molecule has 35 heavy (non-hydrogen) atoms. The molecule has 0 spiro atoms. The zero-order chi connectivity index (χ0) is 24.9. The number of benzene rings is 3. The van der Waals surface area contributed by atoms with Crippen LogP contribution in [0.4, 0.5) is 5.69 Å². The first-order valence-corrected chi connectivity index (χ1v) is 11.3. The van der Waals surface area contributed by atoms with Gasteiger partial charge in [0.15, 0.2) is 16.6 Å². The largest absolute Gasteiger partial charge is 0.497 e. The third-order valence-corrected chi connectivity index (χ3v) is 5.78. The first-order chi connectivity index (χ1) is 16.9. The van der Waals surface area contributed by atoms with Crippen LogP contribution in [0.2, 0.25) is 5.02 Å². The Morgan fingerprint density at radius 1 is 0.943 bits per heavy atom. The van der Waals surface area contributed by atoms with E-state index >= 15 is 0 Å². The number of hydrogen-bond donors (Lipinski definition) is 1. The molecule has 0 bridgehead atoms. The van der Waals surface area contributed by atoms with Crippen molar-refractivity contribution >= 4 is 52.5 Å². The predicted molar refractivity (Wildman–Crippen MR) is 138 cm³/mol. The van der Waals surface area contributed by atoms with Crippen molar-refractivity contribution < 1.29 is 23.8 Å². The second-order valence-electron chi connectivity index (χ2n) is 7.48. The third kappa shape index (κ3) is 5.45. The van der Waals surface area contributed by atoms with E-state index in [4.69, 9.17) is 38.0 Å². The molecule has 9 heteroatoms. The predicted octanol–water partition coefficient (Wildman–Crippen LogP) is 4.77. The molecule has 178 valence electrons. The number of carbonyl (C=O) groups excluding carboxylic acids is 2. The van der Waals surface area contributed by atoms with Gasteiger partial charge in [0, 0.05) is 5.02 Å². The first kappa shape index (κ1) is 24.3. The molecule has 4 rings (SSSR count). The maximum atomic E-state index is 13.2. The molecule has 1 aliphatic rings. The highest BCUT2D eigenvalue weighted by Crippen LogP contribution is 2.31. The molecule has 7 nitrogen and oxygen atoms in total. The van der Waals surface area contributed by atoms with Gasteiger partial charge in [-0.25, -0.2) is 0 Å². The summed E-state index contributed by atoms with van der Waals surface area (Å²) in [7, 11) is 3.13. The second kappa shape index (κ2) is 10.6. The van der Waals surface area contributed by atoms with Crippen LogP contribution in [0.1, 0.15) is 11.1 Å². The highest BCUT2D eigenvalue weighted by atomic mass is 35.5. The Morgan fingerprint density at radius 2 is 1.66 bits per heavy atom. The average molecular weight is 509 g/mol. The molecule has 1 N–H and O–H groups in total. The molecule has 0 aliphatic carbocycles. The third-order valence-electron chi connectivity index (χ3n) is 5.24. The Kier molecular flexibility index (Phi) is 7.33. The minimum atomic E-state index is -0.580. The molecular weight excluding hydrogens is 488 g/mol. The molecule has 0 aromatic heterocycles. The highest BCUT2D eigenvalue weighted by molar-refractivity contribution is 7.80. The van der Waals surface area contributed by atoms with Crippen LogP contribution in [0.3, 0.4) is 0 Å². The number of anilines is 1. The molecule has 0 unspecified atom stereocenters. The van der Waals surface area contributed by atoms with E-state index in [-0.39, 0.29) is 10.7 Å². The lowest BCUT2D eigenvalue weighted by atomic mass is 10.1. The van der Waals surface area contributed by atoms with E-state index in [0.29, 0.717) is 34.4 Å². The molecule has 2 amide bonds. The van der Waals surface area contributed by atoms with Crippen LogP contribution in [0.15, 0.2) is 72.3 Å². The number of nitrogens with zero attached hydrogens (tertiary/aromatic N) is 1. The number of rotatable bonds is 7. The van der Waals surface area contributed by atoms with E-state index < -0.39 is 11.8 Å². The van der Waals surface area contributed by atoms with Gasteiger partial charge in [0.25, 0.3) is 11.8 Å². The summed E-state index contributed by atoms with van der Waals surface area (Å²) in [5.74, 6) is 0.625. The van der Waals surface area contributed by atoms with Crippen LogP contribution >= 0.6 is 23.8 Å². The van der Waals surface area contributed by atoms with Crippen molar-refractivity contribution in [3.8, 4) is 17.2 Å². The van der Waals surface area contributed by atoms with Crippen molar-refractivity contribution in [3.63, 3.8) is 0 Å². The standard InChI is InChI=1S/C26H21ClN2O5S/c1-32-20-10-3-16(4-11-20)15-34-22-12-5-17(14-23(22)33-2)13-21-24(30)28-26(35)29(25(21)31)19-8-6-18(27)7-9-19/h3-14H,15H2,1-2H3,(H,28,30,35). The molecular formula is C26H21ClN2O5S. The SMILES string of the molecule is COc1ccc(COc2ccc(C=C3C(=O)NC(=S)N(c4ccc(Cl)cc4)C3=O)cc2OC)cc1. The summed E-state index contributed by atoms with van der Waals surface area (Å²) >= 11 is 11.2. The quantitative estimate of drug-likeness (QED) is 0.281. The van der Waals surface area contributed by atoms with Gasteiger partial charge in [-0.2, -0.15) is 0 Å². The lowest BCUT2D eigenvalue weighted by molar-refractivity contribution is -0.122. The monoisotopic (exact) mass is 508 g/mol. The molecule has 1 aliphatic heterocycles. The number of carbonyl (C=O) groups is 2. The van der Waals surface area contributed by atoms with Crippen LogP contribution in [-0.4, -0.2) is 31.1 Å². The van der Waals surface area contributed by atoms with E-state index in [1.54, 1.807) is 49.6 Å². The highest BCUT2D eigenvalue weighted by Gasteiger charge is 2.34. The van der Waals surface area contributed by atoms with Gasteiger partial charge in [0.05, 0.1) is 19.9 Å². The Labute approximate surface area is 212 Å². The van der Waals surface area contributed by atoms with Crippen molar-refractivity contribution in [2.24, 2.45) is 0 Å². The molecule has 1 fully saturated rings. The maximum Gasteiger partial charge on any atom is 0.270 e. The lowest BCUT2D eigenvalue weighted by Gasteiger charge is -2.29. The van der Waals surface area contributed by atoms with Crippen LogP contribution in [-0.2, 0) is 16.2 Å². The lowest BCUT2D eigenvalue weighted by Crippen LogP contribution is -2.54. The first-order valence-electron chi connectivity index (χ1n) is 10.5. The molecule has 3 aromatic carbocycles. The summed E-state index contributed by atoms with van der Waals surface area (Å²) in [6, 6.07) is 19.3. The van der Waals surface area contributed by atoms with Gasteiger partial charge in [-0.15, -0.1) is 0 Å². The number of ether oxygens (including phenoxy) is 3. The van der Waals surface area contributed by atoms with E-state index in [1.165, 1.54) is 18.1 Å². The Bertz CT molecular complexity index is 1310. The molecule has 0 saturated carbocycles. The van der Waals surface area contributed by atoms with E-state index in [1.807, 2.05) is 24.3 Å². The van der Waals surface area contributed by atoms with Gasteiger partial charge in [0.2, 0.25) is 0 Å². The fourth-order valence-corrected chi connectivity index (χ4v) is 3.83. The van der Waals surface area contributed by atoms with Crippen molar-refractivity contribution in [2.75, 3.05) is 19.1 Å². The van der Waals surface area contributed by atoms with Crippen LogP contribution in [0, 0.1) is 0 Å². The van der Waals surface area contributed by atoms with Crippen LogP contribution < -0.4 is 24.4 Å². The molecule has 0 radical (unpaired) electrons. The van der Waals surface area contributed by atoms with Gasteiger partial charge in [-0.05, 0) is 78.0 Å². The average Bonchev–Trinajstić information content (AvgIpc) is 2.87. The van der Waals surface area contributed by atoms with Crippen molar-refractivity contribution in [2.45, 2.75) is 6.61 Å². The number of halogens is 1. The van der Waals surface area contributed by atoms with Crippen molar-refractivity contribution in [1.29, 1.82) is 0 Å². The minimum Gasteiger partial charge on any atom is -0.497 e. The number of nitrogens with one attached hydrogen (secondary N) is 1. The minimum absolute atomic E-state index is 0.000618. The summed E-state index contributed by atoms with van der Waals surface area (Å²) in [4.78, 5) is 27.0. The van der Waals surface area contributed by atoms with Gasteiger partial charge < -0.3 is 14.2 Å². The topological polar surface area (TPSA) is 77.1 Å². The summed E-state index contributed by atoms with van der Waals surface area (Å²) in [6.45, 7) is 0.329. The van der Waals surface area contributed by atoms with Crippen molar-refractivity contribution in [3.05, 3.63) is 88.5 Å². The molecule has 1 heterocycles. The normalized spacial score (nSPS) is 14.7. The van der Waals surface area contributed by atoms with Gasteiger partial charge in [-0.1, -0.05) is 29.8 Å². The molecule has 3 aromatic rings. The number of amides is 2. The van der Waals surface area contributed by atoms with Crippen molar-refractivity contribution in [1.82, 2.24) is 5.32 Å². The maximum absolute atomic E-state index is 13.2. The Morgan fingerprint density at radius 3 is 2.31 bits per heavy atom. The summed E-state index contributed by atoms with van der Waals surface area (Å²) < 4.78 is 16.5. The van der Waals surface area contributed by atoms with Gasteiger partial charge >= 0.3 is 0 Å². The zero-order valence-electron chi connectivity index (χ0n) is 18.9. The zero-order valence-corrected chi connectivity index (χ0v) is 20.5. The van der Waals surface area contributed by atoms with E-state index in [9.17, 15) is 9.59 Å². The number of hydrogen-bond acceptors (Lipinski definition) is 6. The summed E-state index contributed by atoms with van der Waals surface area (Å²) in [5, 5.41) is 3.08. The second-order valence-corrected chi connectivity index (χ2v) is 8.30. The van der Waals surface area contributed by atoms with E-state index in [2.05, 4.69) is 5.32 Å². The number of thiocarbonyl (C=S) groups is 1. The Balaban J connectivity index is 1.56. The van der Waals surface area contributed by atoms with Gasteiger partial charge in [-0.3, -0.25) is 19.8 Å². The van der Waals surface area contributed by atoms with Crippen LogP contribution in [0.5, 0.6) is 17.2 Å². The van der Waals surface area contributed by atoms with Crippen LogP contribution in [0.25, 0.3) is 6.08 Å². The fourth-order valence-electron chi connectivity index (χ4n) is 3.42. The summed E-state index contributed by atoms with van der Waals surface area (Å²) in [6.07, 6.45) is 1.48. The molecule has 0 atom stereocenters.